The van der Waals surface area contributed by atoms with Crippen molar-refractivity contribution < 1.29 is 19.4 Å². The standard InChI is InChI=1S/C25H22BrNO4/c1-30-23-14-17(26)13-16(24(23)28)7-6-12-27-25(29)31-15-22-20-10-4-2-8-18(20)19-9-3-5-11-21(19)22/h2-11,13-14,22,28H,12,15H2,1H3,(H,27,29). The summed E-state index contributed by atoms with van der Waals surface area (Å²) < 4.78 is 11.4. The third-order valence-electron chi connectivity index (χ3n) is 5.29. The van der Waals surface area contributed by atoms with E-state index in [1.807, 2.05) is 24.3 Å². The van der Waals surface area contributed by atoms with Gasteiger partial charge in [0.1, 0.15) is 6.61 Å². The van der Waals surface area contributed by atoms with Gasteiger partial charge in [0.25, 0.3) is 0 Å². The van der Waals surface area contributed by atoms with Gasteiger partial charge in [-0.05, 0) is 34.4 Å². The molecule has 1 amide bonds. The highest BCUT2D eigenvalue weighted by molar-refractivity contribution is 9.10. The SMILES string of the molecule is COc1cc(Br)cc(C=CCNC(=O)OCC2c3ccccc3-c3ccccc32)c1O. The third-order valence-corrected chi connectivity index (χ3v) is 5.75. The maximum Gasteiger partial charge on any atom is 0.407 e. The minimum absolute atomic E-state index is 0.0276. The lowest BCUT2D eigenvalue weighted by molar-refractivity contribution is 0.144. The van der Waals surface area contributed by atoms with Gasteiger partial charge in [0.2, 0.25) is 0 Å². The van der Waals surface area contributed by atoms with Gasteiger partial charge in [-0.3, -0.25) is 0 Å². The Morgan fingerprint density at radius 1 is 1.10 bits per heavy atom. The number of methoxy groups -OCH3 is 1. The van der Waals surface area contributed by atoms with Crippen LogP contribution in [0.5, 0.6) is 11.5 Å². The van der Waals surface area contributed by atoms with Crippen molar-refractivity contribution in [2.75, 3.05) is 20.3 Å². The minimum Gasteiger partial charge on any atom is -0.504 e. The second-order valence-electron chi connectivity index (χ2n) is 7.15. The number of hydrogen-bond donors (Lipinski definition) is 2. The number of phenols is 1. The molecule has 0 unspecified atom stereocenters. The normalized spacial score (nSPS) is 12.5. The molecule has 1 aliphatic rings. The van der Waals surface area contributed by atoms with E-state index in [1.54, 1.807) is 24.3 Å². The van der Waals surface area contributed by atoms with Crippen LogP contribution >= 0.6 is 15.9 Å². The molecule has 31 heavy (non-hydrogen) atoms. The smallest absolute Gasteiger partial charge is 0.407 e. The number of carbonyl (C=O) groups excluding carboxylic acids is 1. The van der Waals surface area contributed by atoms with Crippen molar-refractivity contribution in [3.05, 3.63) is 87.9 Å². The summed E-state index contributed by atoms with van der Waals surface area (Å²) in [6.45, 7) is 0.540. The second-order valence-corrected chi connectivity index (χ2v) is 8.07. The predicted molar refractivity (Wildman–Crippen MR) is 124 cm³/mol. The molecule has 0 aliphatic heterocycles. The highest BCUT2D eigenvalue weighted by Gasteiger charge is 2.28. The Hall–Kier alpha value is -3.25. The fraction of sp³-hybridized carbons (Fsp3) is 0.160. The van der Waals surface area contributed by atoms with Crippen LogP contribution in [0.25, 0.3) is 17.2 Å². The van der Waals surface area contributed by atoms with E-state index in [0.29, 0.717) is 11.3 Å². The molecule has 158 valence electrons. The van der Waals surface area contributed by atoms with Gasteiger partial charge in [-0.1, -0.05) is 76.6 Å². The van der Waals surface area contributed by atoms with Crippen molar-refractivity contribution in [3.8, 4) is 22.6 Å². The molecule has 1 aliphatic carbocycles. The molecular weight excluding hydrogens is 458 g/mol. The van der Waals surface area contributed by atoms with E-state index in [4.69, 9.17) is 9.47 Å². The van der Waals surface area contributed by atoms with Crippen molar-refractivity contribution in [3.63, 3.8) is 0 Å². The Morgan fingerprint density at radius 3 is 2.39 bits per heavy atom. The van der Waals surface area contributed by atoms with Gasteiger partial charge in [0, 0.05) is 22.5 Å². The Morgan fingerprint density at radius 2 is 1.74 bits per heavy atom. The number of rotatable bonds is 6. The number of benzene rings is 3. The monoisotopic (exact) mass is 479 g/mol. The van der Waals surface area contributed by atoms with E-state index in [-0.39, 0.29) is 24.8 Å². The number of ether oxygens (including phenoxy) is 2. The quantitative estimate of drug-likeness (QED) is 0.474. The first-order chi connectivity index (χ1) is 15.1. The molecule has 0 atom stereocenters. The lowest BCUT2D eigenvalue weighted by atomic mass is 9.98. The maximum absolute atomic E-state index is 12.2. The summed E-state index contributed by atoms with van der Waals surface area (Å²) in [7, 11) is 1.49. The second kappa shape index (κ2) is 9.27. The van der Waals surface area contributed by atoms with Crippen LogP contribution in [0.2, 0.25) is 0 Å². The Labute approximate surface area is 189 Å². The summed E-state index contributed by atoms with van der Waals surface area (Å²) in [6.07, 6.45) is 2.97. The number of amides is 1. The van der Waals surface area contributed by atoms with E-state index < -0.39 is 6.09 Å². The third kappa shape index (κ3) is 4.44. The molecule has 4 rings (SSSR count). The lowest BCUT2D eigenvalue weighted by Gasteiger charge is -2.14. The van der Waals surface area contributed by atoms with E-state index >= 15 is 0 Å². The van der Waals surface area contributed by atoms with Gasteiger partial charge in [0.15, 0.2) is 11.5 Å². The first-order valence-electron chi connectivity index (χ1n) is 9.90. The van der Waals surface area contributed by atoms with Gasteiger partial charge in [-0.25, -0.2) is 4.79 Å². The molecule has 0 aromatic heterocycles. The molecule has 0 heterocycles. The number of alkyl carbamates (subject to hydrolysis) is 1. The van der Waals surface area contributed by atoms with E-state index in [2.05, 4.69) is 45.5 Å². The molecular formula is C25H22BrNO4. The molecule has 0 radical (unpaired) electrons. The van der Waals surface area contributed by atoms with Gasteiger partial charge in [-0.2, -0.15) is 0 Å². The van der Waals surface area contributed by atoms with Crippen molar-refractivity contribution >= 4 is 28.1 Å². The number of nitrogens with one attached hydrogen (secondary N) is 1. The lowest BCUT2D eigenvalue weighted by Crippen LogP contribution is -2.26. The zero-order valence-corrected chi connectivity index (χ0v) is 18.6. The molecule has 0 saturated carbocycles. The number of fused-ring (bicyclic) bond motifs is 3. The topological polar surface area (TPSA) is 67.8 Å². The van der Waals surface area contributed by atoms with Crippen LogP contribution in [-0.2, 0) is 4.74 Å². The van der Waals surface area contributed by atoms with Crippen molar-refractivity contribution in [2.24, 2.45) is 0 Å². The van der Waals surface area contributed by atoms with E-state index in [0.717, 1.165) is 4.47 Å². The van der Waals surface area contributed by atoms with Gasteiger partial charge in [-0.15, -0.1) is 0 Å². The summed E-state index contributed by atoms with van der Waals surface area (Å²) in [5.74, 6) is 0.446. The highest BCUT2D eigenvalue weighted by atomic mass is 79.9. The zero-order chi connectivity index (χ0) is 21.8. The molecule has 0 fully saturated rings. The fourth-order valence-corrected chi connectivity index (χ4v) is 4.31. The molecule has 0 bridgehead atoms. The number of halogens is 1. The molecule has 6 heteroatoms. The molecule has 0 spiro atoms. The largest absolute Gasteiger partial charge is 0.504 e. The first kappa shape index (κ1) is 21.0. The van der Waals surface area contributed by atoms with Crippen LogP contribution in [0.1, 0.15) is 22.6 Å². The molecule has 5 nitrogen and oxygen atoms in total. The summed E-state index contributed by atoms with van der Waals surface area (Å²) in [4.78, 5) is 12.2. The van der Waals surface area contributed by atoms with Gasteiger partial charge >= 0.3 is 6.09 Å². The van der Waals surface area contributed by atoms with Crippen LogP contribution < -0.4 is 10.1 Å². The number of carbonyl (C=O) groups is 1. The van der Waals surface area contributed by atoms with E-state index in [9.17, 15) is 9.90 Å². The summed E-state index contributed by atoms with van der Waals surface area (Å²) in [5.41, 5.74) is 5.32. The Bertz CT molecular complexity index is 1100. The van der Waals surface area contributed by atoms with Crippen molar-refractivity contribution in [2.45, 2.75) is 5.92 Å². The van der Waals surface area contributed by atoms with Crippen LogP contribution in [0, 0.1) is 0 Å². The summed E-state index contributed by atoms with van der Waals surface area (Å²) in [5, 5.41) is 12.9. The van der Waals surface area contributed by atoms with Crippen LogP contribution in [-0.4, -0.2) is 31.5 Å². The zero-order valence-electron chi connectivity index (χ0n) is 17.0. The molecule has 2 N–H and O–H groups in total. The van der Waals surface area contributed by atoms with Crippen LogP contribution in [0.3, 0.4) is 0 Å². The fourth-order valence-electron chi connectivity index (χ4n) is 3.85. The first-order valence-corrected chi connectivity index (χ1v) is 10.7. The van der Waals surface area contributed by atoms with Gasteiger partial charge < -0.3 is 19.9 Å². The van der Waals surface area contributed by atoms with Crippen molar-refractivity contribution in [1.82, 2.24) is 5.32 Å². The van der Waals surface area contributed by atoms with Crippen molar-refractivity contribution in [1.29, 1.82) is 0 Å². The van der Waals surface area contributed by atoms with Crippen LogP contribution in [0.15, 0.2) is 71.2 Å². The molecule has 3 aromatic rings. The minimum atomic E-state index is -0.484. The van der Waals surface area contributed by atoms with Crippen LogP contribution in [0.4, 0.5) is 4.79 Å². The average Bonchev–Trinajstić information content (AvgIpc) is 3.11. The van der Waals surface area contributed by atoms with E-state index in [1.165, 1.54) is 29.4 Å². The average molecular weight is 480 g/mol. The number of phenolic OH excluding ortho intramolecular Hbond substituents is 1. The predicted octanol–water partition coefficient (Wildman–Crippen LogP) is 5.72. The maximum atomic E-state index is 12.2. The Kier molecular flexibility index (Phi) is 6.28. The number of hydrogen-bond acceptors (Lipinski definition) is 4. The Balaban J connectivity index is 1.35. The number of aromatic hydroxyl groups is 1. The highest BCUT2D eigenvalue weighted by Crippen LogP contribution is 2.44. The molecule has 3 aromatic carbocycles. The summed E-state index contributed by atoms with van der Waals surface area (Å²) in [6, 6.07) is 19.9. The molecule has 0 saturated heterocycles. The van der Waals surface area contributed by atoms with Gasteiger partial charge in [0.05, 0.1) is 7.11 Å². The summed E-state index contributed by atoms with van der Waals surface area (Å²) >= 11 is 3.38.